The van der Waals surface area contributed by atoms with Gasteiger partial charge in [0.25, 0.3) is 5.91 Å². The van der Waals surface area contributed by atoms with Gasteiger partial charge in [-0.15, -0.1) is 0 Å². The predicted molar refractivity (Wildman–Crippen MR) is 146 cm³/mol. The van der Waals surface area contributed by atoms with E-state index in [9.17, 15) is 14.4 Å². The van der Waals surface area contributed by atoms with Crippen LogP contribution in [0.2, 0.25) is 0 Å². The molecule has 1 amide bonds. The van der Waals surface area contributed by atoms with E-state index in [0.29, 0.717) is 13.0 Å². The Labute approximate surface area is 233 Å². The van der Waals surface area contributed by atoms with Gasteiger partial charge in [-0.2, -0.15) is 0 Å². The fourth-order valence-electron chi connectivity index (χ4n) is 3.77. The first-order chi connectivity index (χ1) is 19.3. The van der Waals surface area contributed by atoms with Crippen molar-refractivity contribution in [3.8, 4) is 17.2 Å². The molecule has 0 saturated heterocycles. The molecule has 1 N–H and O–H groups in total. The van der Waals surface area contributed by atoms with Crippen LogP contribution in [0, 0.1) is 5.92 Å². The highest BCUT2D eigenvalue weighted by Crippen LogP contribution is 2.29. The van der Waals surface area contributed by atoms with Crippen molar-refractivity contribution in [2.45, 2.75) is 39.3 Å². The molecule has 1 aromatic heterocycles. The molecule has 0 unspecified atom stereocenters. The van der Waals surface area contributed by atoms with Crippen LogP contribution in [0.15, 0.2) is 72.9 Å². The fraction of sp³-hybridized carbons (Fsp3) is 0.333. The van der Waals surface area contributed by atoms with Gasteiger partial charge >= 0.3 is 11.9 Å². The number of rotatable bonds is 14. The molecule has 3 atom stereocenters. The van der Waals surface area contributed by atoms with Crippen molar-refractivity contribution in [3.63, 3.8) is 0 Å². The summed E-state index contributed by atoms with van der Waals surface area (Å²) in [6.07, 6.45) is 1.46. The molecule has 0 aliphatic rings. The molecular weight excluding hydrogens is 516 g/mol. The number of ether oxygens (including phenoxy) is 5. The van der Waals surface area contributed by atoms with Crippen molar-refractivity contribution < 1.29 is 38.1 Å². The van der Waals surface area contributed by atoms with Gasteiger partial charge in [-0.05, 0) is 38.0 Å². The number of methoxy groups -OCH3 is 1. The smallest absolute Gasteiger partial charge is 0.328 e. The number of nitrogens with one attached hydrogen (secondary N) is 1. The molecule has 10 heteroatoms. The number of para-hydroxylation sites is 1. The maximum atomic E-state index is 13.0. The number of hydrogen-bond donors (Lipinski definition) is 1. The first kappa shape index (κ1) is 29.9. The molecule has 0 aliphatic heterocycles. The fourth-order valence-corrected chi connectivity index (χ4v) is 3.77. The van der Waals surface area contributed by atoms with Gasteiger partial charge in [0.2, 0.25) is 6.79 Å². The maximum Gasteiger partial charge on any atom is 0.328 e. The van der Waals surface area contributed by atoms with Gasteiger partial charge in [-0.1, -0.05) is 48.5 Å². The highest BCUT2D eigenvalue weighted by atomic mass is 16.7. The molecule has 40 heavy (non-hydrogen) atoms. The van der Waals surface area contributed by atoms with Crippen LogP contribution in [0.25, 0.3) is 0 Å². The molecule has 0 aliphatic carbocycles. The molecule has 0 spiro atoms. The summed E-state index contributed by atoms with van der Waals surface area (Å²) in [6, 6.07) is 19.8. The second-order valence-corrected chi connectivity index (χ2v) is 9.00. The van der Waals surface area contributed by atoms with Crippen LogP contribution in [0.4, 0.5) is 0 Å². The Hall–Kier alpha value is -4.60. The lowest BCUT2D eigenvalue weighted by Crippen LogP contribution is -2.42. The topological polar surface area (TPSA) is 122 Å². The second-order valence-electron chi connectivity index (χ2n) is 9.00. The van der Waals surface area contributed by atoms with Crippen LogP contribution in [-0.4, -0.2) is 55.5 Å². The Balaban J connectivity index is 1.66. The highest BCUT2D eigenvalue weighted by molar-refractivity contribution is 5.98. The minimum absolute atomic E-state index is 0.0290. The van der Waals surface area contributed by atoms with E-state index in [2.05, 4.69) is 10.3 Å². The summed E-state index contributed by atoms with van der Waals surface area (Å²) in [5, 5.41) is 2.59. The highest BCUT2D eigenvalue weighted by Gasteiger charge is 2.28. The lowest BCUT2D eigenvalue weighted by molar-refractivity contribution is -0.153. The number of carbonyl (C=O) groups excluding carboxylic acids is 3. The molecule has 3 rings (SSSR count). The second kappa shape index (κ2) is 15.1. The van der Waals surface area contributed by atoms with E-state index in [1.54, 1.807) is 6.92 Å². The van der Waals surface area contributed by atoms with E-state index in [0.717, 1.165) is 11.3 Å². The minimum atomic E-state index is -1.00. The zero-order valence-electron chi connectivity index (χ0n) is 23.0. The number of esters is 2. The molecule has 212 valence electrons. The largest absolute Gasteiger partial charge is 0.493 e. The summed E-state index contributed by atoms with van der Waals surface area (Å²) >= 11 is 0. The summed E-state index contributed by atoms with van der Waals surface area (Å²) in [4.78, 5) is 41.2. The van der Waals surface area contributed by atoms with Crippen LogP contribution in [0.1, 0.15) is 36.8 Å². The van der Waals surface area contributed by atoms with Crippen LogP contribution in [-0.2, 0) is 25.5 Å². The molecule has 0 radical (unpaired) electrons. The van der Waals surface area contributed by atoms with Gasteiger partial charge < -0.3 is 29.0 Å². The molecular formula is C30H34N2O8. The zero-order valence-corrected chi connectivity index (χ0v) is 23.0. The predicted octanol–water partition coefficient (Wildman–Crippen LogP) is 3.98. The molecule has 2 aromatic carbocycles. The third kappa shape index (κ3) is 9.00. The van der Waals surface area contributed by atoms with Crippen LogP contribution >= 0.6 is 0 Å². The van der Waals surface area contributed by atoms with Gasteiger partial charge in [-0.3, -0.25) is 9.59 Å². The van der Waals surface area contributed by atoms with Crippen molar-refractivity contribution in [3.05, 3.63) is 84.2 Å². The Kier molecular flexibility index (Phi) is 11.3. The molecule has 0 saturated carbocycles. The van der Waals surface area contributed by atoms with E-state index in [-0.39, 0.29) is 23.1 Å². The summed E-state index contributed by atoms with van der Waals surface area (Å²) in [7, 11) is 1.39. The van der Waals surface area contributed by atoms with Gasteiger partial charge in [-0.25, -0.2) is 9.78 Å². The average molecular weight is 551 g/mol. The third-order valence-electron chi connectivity index (χ3n) is 5.98. The summed E-state index contributed by atoms with van der Waals surface area (Å²) in [5.41, 5.74) is 0.941. The quantitative estimate of drug-likeness (QED) is 0.235. The average Bonchev–Trinajstić information content (AvgIpc) is 2.95. The van der Waals surface area contributed by atoms with Crippen molar-refractivity contribution >= 4 is 17.8 Å². The van der Waals surface area contributed by atoms with E-state index in [4.69, 9.17) is 23.7 Å². The van der Waals surface area contributed by atoms with Gasteiger partial charge in [0, 0.05) is 25.1 Å². The van der Waals surface area contributed by atoms with Gasteiger partial charge in [0.1, 0.15) is 17.9 Å². The third-order valence-corrected chi connectivity index (χ3v) is 5.98. The number of aromatic nitrogens is 1. The normalized spacial score (nSPS) is 12.8. The van der Waals surface area contributed by atoms with Gasteiger partial charge in [0.05, 0.1) is 13.7 Å². The maximum absolute atomic E-state index is 13.0. The first-order valence-corrected chi connectivity index (χ1v) is 12.8. The van der Waals surface area contributed by atoms with Crippen LogP contribution < -0.4 is 19.5 Å². The number of nitrogens with zero attached hydrogens (tertiary/aromatic N) is 1. The van der Waals surface area contributed by atoms with Crippen molar-refractivity contribution in [1.29, 1.82) is 0 Å². The Morgan fingerprint density at radius 1 is 0.925 bits per heavy atom. The number of amides is 1. The minimum Gasteiger partial charge on any atom is -0.493 e. The van der Waals surface area contributed by atoms with E-state index in [1.165, 1.54) is 33.2 Å². The lowest BCUT2D eigenvalue weighted by Gasteiger charge is -2.26. The molecule has 0 bridgehead atoms. The zero-order chi connectivity index (χ0) is 28.9. The van der Waals surface area contributed by atoms with Crippen LogP contribution in [0.3, 0.4) is 0 Å². The van der Waals surface area contributed by atoms with Crippen LogP contribution in [0.5, 0.6) is 17.2 Å². The van der Waals surface area contributed by atoms with E-state index in [1.807, 2.05) is 60.7 Å². The van der Waals surface area contributed by atoms with E-state index >= 15 is 0 Å². The number of hydrogen-bond acceptors (Lipinski definition) is 9. The first-order valence-electron chi connectivity index (χ1n) is 12.8. The molecule has 1 heterocycles. The Bertz CT molecular complexity index is 1250. The summed E-state index contributed by atoms with van der Waals surface area (Å²) < 4.78 is 27.2. The molecule has 10 nitrogen and oxygen atoms in total. The number of carbonyl (C=O) groups is 3. The standard InChI is InChI=1S/C30H34N2O8/c1-20(32-29(34)27-28(39-19-38-22(3)33)26(36-4)15-16-31-27)30(35)40-21(2)24(17-23-11-7-5-8-12-23)18-37-25-13-9-6-10-14-25/h5-16,20-21,24H,17-19H2,1-4H3,(H,32,34)/t20-,21-,24+/m0/s1. The van der Waals surface area contributed by atoms with Crippen molar-refractivity contribution in [1.82, 2.24) is 10.3 Å². The number of pyridine rings is 1. The number of benzene rings is 2. The Morgan fingerprint density at radius 2 is 1.60 bits per heavy atom. The van der Waals surface area contributed by atoms with Crippen molar-refractivity contribution in [2.24, 2.45) is 5.92 Å². The summed E-state index contributed by atoms with van der Waals surface area (Å²) in [5.74, 6) is -1.13. The molecule has 0 fully saturated rings. The van der Waals surface area contributed by atoms with Crippen molar-refractivity contribution in [2.75, 3.05) is 20.5 Å². The Morgan fingerprint density at radius 3 is 2.25 bits per heavy atom. The van der Waals surface area contributed by atoms with E-state index < -0.39 is 36.8 Å². The SMILES string of the molecule is COc1ccnc(C(=O)N[C@@H](C)C(=O)O[C@@H](C)[C@@H](COc2ccccc2)Cc2ccccc2)c1OCOC(C)=O. The monoisotopic (exact) mass is 550 g/mol. The molecule has 3 aromatic rings. The van der Waals surface area contributed by atoms with Gasteiger partial charge in [0.15, 0.2) is 17.2 Å². The lowest BCUT2D eigenvalue weighted by atomic mass is 9.95. The summed E-state index contributed by atoms with van der Waals surface area (Å²) in [6.45, 7) is 4.42.